The van der Waals surface area contributed by atoms with E-state index < -0.39 is 4.92 Å². The van der Waals surface area contributed by atoms with Crippen molar-refractivity contribution in [3.8, 4) is 5.75 Å². The number of hydrogen-bond acceptors (Lipinski definition) is 4. The molecule has 94 valence electrons. The van der Waals surface area contributed by atoms with Crippen LogP contribution >= 0.6 is 15.9 Å². The molecule has 0 aliphatic carbocycles. The Balaban J connectivity index is 2.75. The van der Waals surface area contributed by atoms with E-state index in [1.54, 1.807) is 12.1 Å². The fraction of sp³-hybridized carbons (Fsp3) is 0.455. The molecule has 0 aliphatic rings. The average molecular weight is 304 g/mol. The molecule has 0 aliphatic heterocycles. The number of rotatable bonds is 7. The Labute approximate surface area is 108 Å². The minimum absolute atomic E-state index is 0.0220. The molecule has 1 aromatic rings. The molecule has 1 rings (SSSR count). The third-order valence-electron chi connectivity index (χ3n) is 2.06. The minimum Gasteiger partial charge on any atom is -0.484 e. The first kappa shape index (κ1) is 13.9. The maximum absolute atomic E-state index is 10.8. The molecule has 0 saturated carbocycles. The van der Waals surface area contributed by atoms with Crippen LogP contribution in [0.3, 0.4) is 0 Å². The summed E-state index contributed by atoms with van der Waals surface area (Å²) >= 11 is 3.30. The van der Waals surface area contributed by atoms with Crippen LogP contribution in [0.5, 0.6) is 5.75 Å². The number of ether oxygens (including phenoxy) is 2. The zero-order valence-corrected chi connectivity index (χ0v) is 11.1. The van der Waals surface area contributed by atoms with Crippen LogP contribution < -0.4 is 4.74 Å². The van der Waals surface area contributed by atoms with Gasteiger partial charge in [0.1, 0.15) is 6.61 Å². The number of hydrogen-bond donors (Lipinski definition) is 0. The van der Waals surface area contributed by atoms with Crippen molar-refractivity contribution >= 4 is 21.6 Å². The van der Waals surface area contributed by atoms with Crippen LogP contribution in [0.1, 0.15) is 12.5 Å². The lowest BCUT2D eigenvalue weighted by atomic mass is 10.2. The summed E-state index contributed by atoms with van der Waals surface area (Å²) in [7, 11) is 0. The van der Waals surface area contributed by atoms with E-state index in [0.29, 0.717) is 25.2 Å². The van der Waals surface area contributed by atoms with Gasteiger partial charge >= 0.3 is 5.69 Å². The predicted molar refractivity (Wildman–Crippen MR) is 67.7 cm³/mol. The van der Waals surface area contributed by atoms with Crippen molar-refractivity contribution in [1.82, 2.24) is 0 Å². The van der Waals surface area contributed by atoms with Gasteiger partial charge in [0, 0.05) is 18.0 Å². The highest BCUT2D eigenvalue weighted by Crippen LogP contribution is 2.28. The second-order valence-corrected chi connectivity index (χ2v) is 3.80. The summed E-state index contributed by atoms with van der Waals surface area (Å²) < 4.78 is 10.5. The first-order chi connectivity index (χ1) is 8.19. The van der Waals surface area contributed by atoms with E-state index in [4.69, 9.17) is 9.47 Å². The molecule has 0 unspecified atom stereocenters. The number of nitro groups is 1. The molecule has 0 bridgehead atoms. The van der Waals surface area contributed by atoms with Crippen molar-refractivity contribution in [3.05, 3.63) is 33.9 Å². The molecule has 0 heterocycles. The molecule has 0 amide bonds. The second kappa shape index (κ2) is 7.24. The molecule has 6 heteroatoms. The lowest BCUT2D eigenvalue weighted by Gasteiger charge is -2.07. The molecule has 0 atom stereocenters. The third-order valence-corrected chi connectivity index (χ3v) is 2.71. The van der Waals surface area contributed by atoms with Crippen LogP contribution in [0.25, 0.3) is 0 Å². The predicted octanol–water partition coefficient (Wildman–Crippen LogP) is 2.91. The van der Waals surface area contributed by atoms with Crippen molar-refractivity contribution < 1.29 is 14.4 Å². The van der Waals surface area contributed by atoms with Gasteiger partial charge in [0.15, 0.2) is 5.75 Å². The van der Waals surface area contributed by atoms with E-state index in [9.17, 15) is 10.1 Å². The lowest BCUT2D eigenvalue weighted by molar-refractivity contribution is -0.385. The minimum atomic E-state index is -0.450. The van der Waals surface area contributed by atoms with E-state index in [-0.39, 0.29) is 11.4 Å². The van der Waals surface area contributed by atoms with Gasteiger partial charge in [-0.2, -0.15) is 0 Å². The van der Waals surface area contributed by atoms with Gasteiger partial charge in [-0.3, -0.25) is 10.1 Å². The zero-order chi connectivity index (χ0) is 12.7. The van der Waals surface area contributed by atoms with Crippen molar-refractivity contribution in [3.63, 3.8) is 0 Å². The Morgan fingerprint density at radius 2 is 2.18 bits per heavy atom. The van der Waals surface area contributed by atoms with Gasteiger partial charge < -0.3 is 9.47 Å². The van der Waals surface area contributed by atoms with Crippen molar-refractivity contribution in [2.24, 2.45) is 0 Å². The van der Waals surface area contributed by atoms with Crippen LogP contribution in [0.2, 0.25) is 0 Å². The molecule has 0 N–H and O–H groups in total. The molecule has 5 nitrogen and oxygen atoms in total. The molecule has 0 radical (unpaired) electrons. The van der Waals surface area contributed by atoms with E-state index >= 15 is 0 Å². The van der Waals surface area contributed by atoms with Gasteiger partial charge in [-0.1, -0.05) is 22.0 Å². The second-order valence-electron chi connectivity index (χ2n) is 3.24. The SMILES string of the molecule is CCOCCOc1cc(CBr)ccc1[N+](=O)[O-]. The quantitative estimate of drug-likeness (QED) is 0.336. The smallest absolute Gasteiger partial charge is 0.310 e. The van der Waals surface area contributed by atoms with Crippen molar-refractivity contribution in [1.29, 1.82) is 0 Å². The molecule has 0 saturated heterocycles. The Morgan fingerprint density at radius 1 is 1.41 bits per heavy atom. The number of nitro benzene ring substituents is 1. The standard InChI is InChI=1S/C11H14BrNO4/c1-2-16-5-6-17-11-7-9(8-12)3-4-10(11)13(14)15/h3-4,7H,2,5-6,8H2,1H3. The fourth-order valence-electron chi connectivity index (χ4n) is 1.26. The summed E-state index contributed by atoms with van der Waals surface area (Å²) in [5.74, 6) is 0.284. The van der Waals surface area contributed by atoms with Crippen LogP contribution in [-0.2, 0) is 10.1 Å². The van der Waals surface area contributed by atoms with E-state index in [0.717, 1.165) is 5.56 Å². The highest BCUT2D eigenvalue weighted by Gasteiger charge is 2.15. The van der Waals surface area contributed by atoms with Crippen LogP contribution in [0.4, 0.5) is 5.69 Å². The van der Waals surface area contributed by atoms with Gasteiger partial charge in [-0.25, -0.2) is 0 Å². The molecular weight excluding hydrogens is 290 g/mol. The number of halogens is 1. The summed E-state index contributed by atoms with van der Waals surface area (Å²) in [6, 6.07) is 4.81. The van der Waals surface area contributed by atoms with Crippen molar-refractivity contribution in [2.75, 3.05) is 19.8 Å². The van der Waals surface area contributed by atoms with Gasteiger partial charge in [0.05, 0.1) is 11.5 Å². The highest BCUT2D eigenvalue weighted by atomic mass is 79.9. The first-order valence-corrected chi connectivity index (χ1v) is 6.35. The van der Waals surface area contributed by atoms with E-state index in [1.165, 1.54) is 6.07 Å². The summed E-state index contributed by atoms with van der Waals surface area (Å²) in [5.41, 5.74) is 0.910. The summed E-state index contributed by atoms with van der Waals surface area (Å²) in [6.45, 7) is 3.22. The number of benzene rings is 1. The number of alkyl halides is 1. The maximum Gasteiger partial charge on any atom is 0.310 e. The van der Waals surface area contributed by atoms with E-state index in [2.05, 4.69) is 15.9 Å². The summed E-state index contributed by atoms with van der Waals surface area (Å²) in [4.78, 5) is 10.3. The Bertz CT molecular complexity index is 384. The van der Waals surface area contributed by atoms with Crippen LogP contribution in [-0.4, -0.2) is 24.7 Å². The van der Waals surface area contributed by atoms with Crippen LogP contribution in [0, 0.1) is 10.1 Å². The van der Waals surface area contributed by atoms with Crippen LogP contribution in [0.15, 0.2) is 18.2 Å². The fourth-order valence-corrected chi connectivity index (χ4v) is 1.61. The Kier molecular flexibility index (Phi) is 5.93. The molecule has 0 spiro atoms. The number of nitrogens with zero attached hydrogens (tertiary/aromatic N) is 1. The van der Waals surface area contributed by atoms with Gasteiger partial charge in [-0.05, 0) is 18.6 Å². The van der Waals surface area contributed by atoms with Gasteiger partial charge in [-0.15, -0.1) is 0 Å². The maximum atomic E-state index is 10.8. The zero-order valence-electron chi connectivity index (χ0n) is 9.52. The van der Waals surface area contributed by atoms with Crippen molar-refractivity contribution in [2.45, 2.75) is 12.3 Å². The molecule has 1 aromatic carbocycles. The Morgan fingerprint density at radius 3 is 2.76 bits per heavy atom. The average Bonchev–Trinajstić information content (AvgIpc) is 2.34. The molecule has 17 heavy (non-hydrogen) atoms. The monoisotopic (exact) mass is 303 g/mol. The third kappa shape index (κ3) is 4.32. The highest BCUT2D eigenvalue weighted by molar-refractivity contribution is 9.08. The molecule has 0 aromatic heterocycles. The van der Waals surface area contributed by atoms with E-state index in [1.807, 2.05) is 6.92 Å². The normalized spacial score (nSPS) is 10.2. The lowest BCUT2D eigenvalue weighted by Crippen LogP contribution is -2.07. The largest absolute Gasteiger partial charge is 0.484 e. The van der Waals surface area contributed by atoms with Gasteiger partial charge in [0.2, 0.25) is 0 Å². The van der Waals surface area contributed by atoms with Gasteiger partial charge in [0.25, 0.3) is 0 Å². The summed E-state index contributed by atoms with van der Waals surface area (Å²) in [6.07, 6.45) is 0. The topological polar surface area (TPSA) is 61.6 Å². The Hall–Kier alpha value is -1.14. The molecule has 0 fully saturated rings. The molecular formula is C11H14BrNO4. The first-order valence-electron chi connectivity index (χ1n) is 5.22. The summed E-state index contributed by atoms with van der Waals surface area (Å²) in [5, 5.41) is 11.4.